The normalized spacial score (nSPS) is 18.4. The predicted molar refractivity (Wildman–Crippen MR) is 94.4 cm³/mol. The average molecular weight is 368 g/mol. The standard InChI is InChI=1S/C17H25N3O4S/c1-14(21)20-8-5-15-13-16(3-4-17(15)20)25(22,23)18-6-2-7-19-9-11-24-12-10-19/h3-4,13,18H,2,5-12H2,1H3/p+1. The smallest absolute Gasteiger partial charge is 0.240 e. The van der Waals surface area contributed by atoms with E-state index in [0.29, 0.717) is 19.5 Å². The fourth-order valence-corrected chi connectivity index (χ4v) is 4.54. The molecule has 0 radical (unpaired) electrons. The Morgan fingerprint density at radius 1 is 1.32 bits per heavy atom. The zero-order valence-electron chi connectivity index (χ0n) is 14.6. The zero-order chi connectivity index (χ0) is 17.9. The number of benzene rings is 1. The summed E-state index contributed by atoms with van der Waals surface area (Å²) in [4.78, 5) is 15.0. The van der Waals surface area contributed by atoms with Gasteiger partial charge in [-0.25, -0.2) is 13.1 Å². The van der Waals surface area contributed by atoms with Gasteiger partial charge in [0.1, 0.15) is 13.1 Å². The van der Waals surface area contributed by atoms with Gasteiger partial charge in [-0.2, -0.15) is 0 Å². The third-order valence-corrected chi connectivity index (χ3v) is 6.29. The van der Waals surface area contributed by atoms with Gasteiger partial charge in [0.05, 0.1) is 24.7 Å². The van der Waals surface area contributed by atoms with Gasteiger partial charge in [-0.1, -0.05) is 0 Å². The van der Waals surface area contributed by atoms with Crippen molar-refractivity contribution in [3.63, 3.8) is 0 Å². The number of fused-ring (bicyclic) bond motifs is 1. The van der Waals surface area contributed by atoms with Crippen LogP contribution in [0.15, 0.2) is 23.1 Å². The number of morpholine rings is 1. The van der Waals surface area contributed by atoms with Crippen LogP contribution in [0.25, 0.3) is 0 Å². The molecule has 0 bridgehead atoms. The second-order valence-corrected chi connectivity index (χ2v) is 8.34. The summed E-state index contributed by atoms with van der Waals surface area (Å²) >= 11 is 0. The van der Waals surface area contributed by atoms with Gasteiger partial charge in [0, 0.05) is 32.1 Å². The molecule has 0 spiro atoms. The Morgan fingerprint density at radius 3 is 2.80 bits per heavy atom. The molecule has 0 unspecified atom stereocenters. The number of nitrogens with zero attached hydrogens (tertiary/aromatic N) is 1. The Morgan fingerprint density at radius 2 is 2.08 bits per heavy atom. The summed E-state index contributed by atoms with van der Waals surface area (Å²) in [5, 5.41) is 0. The maximum atomic E-state index is 12.5. The summed E-state index contributed by atoms with van der Waals surface area (Å²) in [5.74, 6) is -0.0157. The minimum atomic E-state index is -3.51. The van der Waals surface area contributed by atoms with E-state index >= 15 is 0 Å². The Bertz CT molecular complexity index is 729. The highest BCUT2D eigenvalue weighted by Gasteiger charge is 2.24. The molecule has 138 valence electrons. The lowest BCUT2D eigenvalue weighted by atomic mass is 10.2. The Labute approximate surface area is 149 Å². The number of hydrogen-bond acceptors (Lipinski definition) is 4. The van der Waals surface area contributed by atoms with Gasteiger partial charge >= 0.3 is 0 Å². The molecule has 25 heavy (non-hydrogen) atoms. The van der Waals surface area contributed by atoms with Crippen LogP contribution < -0.4 is 14.5 Å². The van der Waals surface area contributed by atoms with Crippen LogP contribution >= 0.6 is 0 Å². The largest absolute Gasteiger partial charge is 0.370 e. The number of ether oxygens (including phenoxy) is 1. The van der Waals surface area contributed by atoms with E-state index in [1.165, 1.54) is 11.8 Å². The fraction of sp³-hybridized carbons (Fsp3) is 0.588. The number of carbonyl (C=O) groups excluding carboxylic acids is 1. The zero-order valence-corrected chi connectivity index (χ0v) is 15.4. The van der Waals surface area contributed by atoms with Gasteiger partial charge < -0.3 is 14.5 Å². The fourth-order valence-electron chi connectivity index (χ4n) is 3.41. The lowest BCUT2D eigenvalue weighted by Gasteiger charge is -2.23. The number of hydrogen-bond donors (Lipinski definition) is 2. The molecule has 0 aromatic heterocycles. The molecule has 3 rings (SSSR count). The lowest BCUT2D eigenvalue weighted by Crippen LogP contribution is -3.14. The summed E-state index contributed by atoms with van der Waals surface area (Å²) in [5.41, 5.74) is 1.73. The SMILES string of the molecule is CC(=O)N1CCc2cc(S(=O)(=O)NCCC[NH+]3CCOCC3)ccc21. The average Bonchev–Trinajstić information content (AvgIpc) is 3.03. The van der Waals surface area contributed by atoms with Crippen molar-refractivity contribution in [2.24, 2.45) is 0 Å². The molecule has 7 nitrogen and oxygen atoms in total. The van der Waals surface area contributed by atoms with Crippen molar-refractivity contribution in [3.05, 3.63) is 23.8 Å². The molecule has 1 amide bonds. The van der Waals surface area contributed by atoms with E-state index in [9.17, 15) is 13.2 Å². The molecule has 1 saturated heterocycles. The second-order valence-electron chi connectivity index (χ2n) is 6.57. The molecule has 0 saturated carbocycles. The Hall–Kier alpha value is -1.48. The van der Waals surface area contributed by atoms with E-state index in [4.69, 9.17) is 4.74 Å². The quantitative estimate of drug-likeness (QED) is 0.643. The number of quaternary nitrogens is 1. The van der Waals surface area contributed by atoms with E-state index in [-0.39, 0.29) is 10.8 Å². The molecule has 2 aliphatic heterocycles. The molecule has 1 aromatic rings. The molecule has 1 aromatic carbocycles. The third kappa shape index (κ3) is 4.38. The maximum Gasteiger partial charge on any atom is 0.240 e. The van der Waals surface area contributed by atoms with E-state index in [1.807, 2.05) is 0 Å². The van der Waals surface area contributed by atoms with Crippen molar-refractivity contribution in [2.45, 2.75) is 24.7 Å². The first-order valence-corrected chi connectivity index (χ1v) is 10.3. The highest BCUT2D eigenvalue weighted by Crippen LogP contribution is 2.30. The number of rotatable bonds is 6. The van der Waals surface area contributed by atoms with Gasteiger partial charge in [0.25, 0.3) is 0 Å². The first-order chi connectivity index (χ1) is 12.0. The molecule has 1 fully saturated rings. The van der Waals surface area contributed by atoms with Crippen molar-refractivity contribution < 1.29 is 22.8 Å². The second kappa shape index (κ2) is 7.82. The Balaban J connectivity index is 1.56. The van der Waals surface area contributed by atoms with Gasteiger partial charge in [-0.05, 0) is 30.2 Å². The van der Waals surface area contributed by atoms with Crippen molar-refractivity contribution in [3.8, 4) is 0 Å². The van der Waals surface area contributed by atoms with Crippen LogP contribution in [0.4, 0.5) is 5.69 Å². The van der Waals surface area contributed by atoms with Crippen molar-refractivity contribution in [2.75, 3.05) is 50.8 Å². The van der Waals surface area contributed by atoms with E-state index in [2.05, 4.69) is 4.72 Å². The number of amides is 1. The van der Waals surface area contributed by atoms with Crippen LogP contribution in [0.5, 0.6) is 0 Å². The Kier molecular flexibility index (Phi) is 5.73. The molecule has 8 heteroatoms. The summed E-state index contributed by atoms with van der Waals surface area (Å²) in [6.45, 7) is 7.07. The number of nitrogens with one attached hydrogen (secondary N) is 2. The first-order valence-electron chi connectivity index (χ1n) is 8.79. The molecular formula is C17H26N3O4S+. The van der Waals surface area contributed by atoms with Gasteiger partial charge in [0.2, 0.25) is 15.9 Å². The summed E-state index contributed by atoms with van der Waals surface area (Å²) in [6, 6.07) is 5.00. The van der Waals surface area contributed by atoms with Crippen molar-refractivity contribution in [1.82, 2.24) is 4.72 Å². The molecule has 0 aliphatic carbocycles. The summed E-state index contributed by atoms with van der Waals surface area (Å²) in [6.07, 6.45) is 1.50. The van der Waals surface area contributed by atoms with Gasteiger partial charge in [0.15, 0.2) is 0 Å². The highest BCUT2D eigenvalue weighted by molar-refractivity contribution is 7.89. The molecule has 0 atom stereocenters. The number of sulfonamides is 1. The minimum Gasteiger partial charge on any atom is -0.370 e. The molecular weight excluding hydrogens is 342 g/mol. The first kappa shape index (κ1) is 18.3. The maximum absolute atomic E-state index is 12.5. The van der Waals surface area contributed by atoms with Crippen LogP contribution in [-0.4, -0.2) is 60.3 Å². The predicted octanol–water partition coefficient (Wildman–Crippen LogP) is -0.821. The van der Waals surface area contributed by atoms with Crippen LogP contribution in [0.2, 0.25) is 0 Å². The summed E-state index contributed by atoms with van der Waals surface area (Å²) < 4.78 is 33.0. The third-order valence-electron chi connectivity index (χ3n) is 4.84. The van der Waals surface area contributed by atoms with Crippen molar-refractivity contribution in [1.29, 1.82) is 0 Å². The topological polar surface area (TPSA) is 80.2 Å². The monoisotopic (exact) mass is 368 g/mol. The van der Waals surface area contributed by atoms with E-state index in [1.54, 1.807) is 23.1 Å². The lowest BCUT2D eigenvalue weighted by molar-refractivity contribution is -0.908. The van der Waals surface area contributed by atoms with Crippen LogP contribution in [0.3, 0.4) is 0 Å². The van der Waals surface area contributed by atoms with Crippen LogP contribution in [0.1, 0.15) is 18.9 Å². The summed E-state index contributed by atoms with van der Waals surface area (Å²) in [7, 11) is -3.51. The number of anilines is 1. The van der Waals surface area contributed by atoms with Gasteiger partial charge in [-0.15, -0.1) is 0 Å². The minimum absolute atomic E-state index is 0.0157. The van der Waals surface area contributed by atoms with E-state index < -0.39 is 10.0 Å². The van der Waals surface area contributed by atoms with Crippen molar-refractivity contribution >= 4 is 21.6 Å². The molecule has 2 aliphatic rings. The molecule has 2 heterocycles. The van der Waals surface area contributed by atoms with Gasteiger partial charge in [-0.3, -0.25) is 4.79 Å². The van der Waals surface area contributed by atoms with Crippen LogP contribution in [-0.2, 0) is 26.0 Å². The van der Waals surface area contributed by atoms with Crippen LogP contribution in [0, 0.1) is 0 Å². The molecule has 2 N–H and O–H groups in total. The van der Waals surface area contributed by atoms with E-state index in [0.717, 1.165) is 50.5 Å². The highest BCUT2D eigenvalue weighted by atomic mass is 32.2. The number of carbonyl (C=O) groups is 1.